The minimum absolute atomic E-state index is 0.134. The Morgan fingerprint density at radius 2 is 2.06 bits per heavy atom. The molecular formula is C27H32N3O2+. The van der Waals surface area contributed by atoms with Crippen LogP contribution < -0.4 is 4.74 Å². The van der Waals surface area contributed by atoms with Gasteiger partial charge in [0.05, 0.1) is 25.7 Å². The maximum absolute atomic E-state index is 11.9. The minimum atomic E-state index is -0.566. The maximum atomic E-state index is 11.9. The van der Waals surface area contributed by atoms with Crippen LogP contribution in [0, 0.1) is 18.8 Å². The second kappa shape index (κ2) is 8.30. The van der Waals surface area contributed by atoms with Crippen LogP contribution in [0.15, 0.2) is 61.4 Å². The molecule has 5 heterocycles. The molecule has 0 aliphatic carbocycles. The predicted molar refractivity (Wildman–Crippen MR) is 126 cm³/mol. The Hall–Kier alpha value is -2.76. The lowest BCUT2D eigenvalue weighted by atomic mass is 9.71. The van der Waals surface area contributed by atoms with Crippen molar-refractivity contribution in [2.75, 3.05) is 20.2 Å². The van der Waals surface area contributed by atoms with E-state index >= 15 is 0 Å². The summed E-state index contributed by atoms with van der Waals surface area (Å²) >= 11 is 0. The smallest absolute Gasteiger partial charge is 0.131 e. The molecule has 2 aromatic heterocycles. The van der Waals surface area contributed by atoms with Gasteiger partial charge in [-0.3, -0.25) is 9.97 Å². The first-order valence-corrected chi connectivity index (χ1v) is 11.5. The molecule has 0 saturated carbocycles. The lowest BCUT2D eigenvalue weighted by molar-refractivity contribution is -0.984. The van der Waals surface area contributed by atoms with Gasteiger partial charge >= 0.3 is 0 Å². The van der Waals surface area contributed by atoms with Crippen LogP contribution in [0.4, 0.5) is 0 Å². The van der Waals surface area contributed by atoms with Gasteiger partial charge in [0.25, 0.3) is 0 Å². The van der Waals surface area contributed by atoms with Crippen LogP contribution in [-0.2, 0) is 6.54 Å². The summed E-state index contributed by atoms with van der Waals surface area (Å²) in [7, 11) is 1.67. The third-order valence-electron chi connectivity index (χ3n) is 7.80. The fourth-order valence-corrected chi connectivity index (χ4v) is 6.19. The normalized spacial score (nSPS) is 27.9. The lowest BCUT2D eigenvalue weighted by Gasteiger charge is -2.58. The Morgan fingerprint density at radius 3 is 2.84 bits per heavy atom. The summed E-state index contributed by atoms with van der Waals surface area (Å²) in [5.41, 5.74) is 4.17. The molecule has 0 spiro atoms. The maximum Gasteiger partial charge on any atom is 0.131 e. The van der Waals surface area contributed by atoms with Gasteiger partial charge in [0.2, 0.25) is 0 Å². The first-order valence-electron chi connectivity index (χ1n) is 11.5. The number of aromatic nitrogens is 2. The second-order valence-corrected chi connectivity index (χ2v) is 9.57. The molecule has 3 aromatic rings. The molecule has 3 aliphatic heterocycles. The number of ether oxygens (including phenoxy) is 1. The van der Waals surface area contributed by atoms with Gasteiger partial charge in [-0.25, -0.2) is 0 Å². The number of hydrogen-bond donors (Lipinski definition) is 1. The molecule has 5 heteroatoms. The number of piperidine rings is 3. The zero-order chi connectivity index (χ0) is 22.3. The van der Waals surface area contributed by atoms with E-state index in [1.165, 1.54) is 12.0 Å². The van der Waals surface area contributed by atoms with Crippen molar-refractivity contribution in [1.29, 1.82) is 0 Å². The largest absolute Gasteiger partial charge is 0.497 e. The zero-order valence-electron chi connectivity index (χ0n) is 18.9. The molecule has 2 unspecified atom stereocenters. The number of pyridine rings is 2. The van der Waals surface area contributed by atoms with Gasteiger partial charge < -0.3 is 14.3 Å². The third-order valence-corrected chi connectivity index (χ3v) is 7.80. The first kappa shape index (κ1) is 21.1. The van der Waals surface area contributed by atoms with Crippen molar-refractivity contribution < 1.29 is 14.3 Å². The zero-order valence-corrected chi connectivity index (χ0v) is 18.9. The number of fused-ring (bicyclic) bond motifs is 4. The number of aryl methyl sites for hydroxylation is 1. The minimum Gasteiger partial charge on any atom is -0.497 e. The molecule has 3 saturated heterocycles. The highest BCUT2D eigenvalue weighted by atomic mass is 16.5. The predicted octanol–water partition coefficient (Wildman–Crippen LogP) is 4.59. The summed E-state index contributed by atoms with van der Waals surface area (Å²) in [6, 6.07) is 12.3. The fourth-order valence-electron chi connectivity index (χ4n) is 6.19. The molecule has 6 rings (SSSR count). The van der Waals surface area contributed by atoms with Gasteiger partial charge in [0.15, 0.2) is 0 Å². The Kier molecular flexibility index (Phi) is 5.48. The Balaban J connectivity index is 1.56. The van der Waals surface area contributed by atoms with Crippen LogP contribution in [0.2, 0.25) is 0 Å². The van der Waals surface area contributed by atoms with E-state index in [4.69, 9.17) is 4.74 Å². The number of quaternary nitrogens is 1. The van der Waals surface area contributed by atoms with Gasteiger partial charge in [-0.2, -0.15) is 0 Å². The second-order valence-electron chi connectivity index (χ2n) is 9.57. The van der Waals surface area contributed by atoms with Gasteiger partial charge in [-0.1, -0.05) is 6.08 Å². The van der Waals surface area contributed by atoms with E-state index < -0.39 is 6.10 Å². The quantitative estimate of drug-likeness (QED) is 0.459. The Labute approximate surface area is 190 Å². The van der Waals surface area contributed by atoms with E-state index in [0.717, 1.165) is 58.4 Å². The van der Waals surface area contributed by atoms with Crippen LogP contribution in [0.1, 0.15) is 35.8 Å². The molecule has 3 fully saturated rings. The molecule has 5 atom stereocenters. The monoisotopic (exact) mass is 430 g/mol. The summed E-state index contributed by atoms with van der Waals surface area (Å²) in [6.45, 7) is 9.21. The van der Waals surface area contributed by atoms with E-state index in [-0.39, 0.29) is 6.04 Å². The topological polar surface area (TPSA) is 55.2 Å². The number of hydrogen-bond acceptors (Lipinski definition) is 4. The summed E-state index contributed by atoms with van der Waals surface area (Å²) in [6.07, 6.45) is 7.49. The van der Waals surface area contributed by atoms with Crippen LogP contribution >= 0.6 is 0 Å². The average Bonchev–Trinajstić information content (AvgIpc) is 2.82. The van der Waals surface area contributed by atoms with Crippen molar-refractivity contribution >= 4 is 10.9 Å². The van der Waals surface area contributed by atoms with Gasteiger partial charge in [-0.15, -0.1) is 6.58 Å². The van der Waals surface area contributed by atoms with Crippen LogP contribution in [-0.4, -0.2) is 45.8 Å². The molecule has 166 valence electrons. The summed E-state index contributed by atoms with van der Waals surface area (Å²) in [5, 5.41) is 12.8. The van der Waals surface area contributed by atoms with Crippen molar-refractivity contribution in [2.24, 2.45) is 11.8 Å². The number of aliphatic hydroxyl groups excluding tert-OH is 1. The lowest BCUT2D eigenvalue weighted by Crippen LogP contribution is -2.67. The fraction of sp³-hybridized carbons (Fsp3) is 0.407. The van der Waals surface area contributed by atoms with Crippen LogP contribution in [0.3, 0.4) is 0 Å². The van der Waals surface area contributed by atoms with Gasteiger partial charge in [-0.05, 0) is 54.8 Å². The van der Waals surface area contributed by atoms with Crippen molar-refractivity contribution in [2.45, 2.75) is 38.5 Å². The van der Waals surface area contributed by atoms with Crippen molar-refractivity contribution in [3.63, 3.8) is 0 Å². The number of nitrogens with zero attached hydrogens (tertiary/aromatic N) is 3. The Bertz CT molecular complexity index is 1150. The highest BCUT2D eigenvalue weighted by molar-refractivity contribution is 5.83. The third kappa shape index (κ3) is 3.59. The highest BCUT2D eigenvalue weighted by Crippen LogP contribution is 2.48. The molecule has 32 heavy (non-hydrogen) atoms. The summed E-state index contributed by atoms with van der Waals surface area (Å²) < 4.78 is 6.35. The molecule has 1 aromatic carbocycles. The summed E-state index contributed by atoms with van der Waals surface area (Å²) in [5.74, 6) is 1.88. The number of rotatable bonds is 6. The van der Waals surface area contributed by atoms with E-state index in [1.54, 1.807) is 7.11 Å². The van der Waals surface area contributed by atoms with Crippen molar-refractivity contribution in [1.82, 2.24) is 9.97 Å². The first-order chi connectivity index (χ1) is 15.5. The Morgan fingerprint density at radius 1 is 1.22 bits per heavy atom. The molecule has 0 amide bonds. The van der Waals surface area contributed by atoms with Crippen molar-refractivity contribution in [3.8, 4) is 5.75 Å². The molecular weight excluding hydrogens is 398 g/mol. The summed E-state index contributed by atoms with van der Waals surface area (Å²) in [4.78, 5) is 8.90. The molecule has 3 aliphatic rings. The van der Waals surface area contributed by atoms with E-state index in [9.17, 15) is 5.11 Å². The number of aliphatic hydroxyl groups is 1. The molecule has 0 radical (unpaired) electrons. The van der Waals surface area contributed by atoms with Crippen LogP contribution in [0.25, 0.3) is 10.9 Å². The van der Waals surface area contributed by atoms with E-state index in [0.29, 0.717) is 11.8 Å². The van der Waals surface area contributed by atoms with Gasteiger partial charge in [0, 0.05) is 47.8 Å². The molecule has 5 nitrogen and oxygen atoms in total. The van der Waals surface area contributed by atoms with Gasteiger partial charge in [0.1, 0.15) is 24.4 Å². The van der Waals surface area contributed by atoms with E-state index in [1.807, 2.05) is 43.6 Å². The number of benzene rings is 1. The van der Waals surface area contributed by atoms with E-state index in [2.05, 4.69) is 34.8 Å². The SMILES string of the molecule is C=C[C@H]1C[N+]2(Cc3ccnc(C)c3)CC[C@H]1C[C@H]2C(O)c1ccnc2ccc(OC)cc12. The average molecular weight is 431 g/mol. The van der Waals surface area contributed by atoms with Crippen LogP contribution in [0.5, 0.6) is 5.75 Å². The molecule has 1 N–H and O–H groups in total. The molecule has 2 bridgehead atoms. The highest BCUT2D eigenvalue weighted by Gasteiger charge is 2.54. The number of methoxy groups -OCH3 is 1. The standard InChI is InChI=1S/C27H32N3O2/c1-4-20-17-30(16-19-7-10-28-18(2)13-19)12-9-21(20)14-26(30)27(31)23-8-11-29-25-6-5-22(32-3)15-24(23)25/h4-8,10-11,13,15,20-21,26-27,31H,1,9,12,14,16-17H2,2-3H3/q+1/t20-,21-,26-,27?,30?/m0/s1. The van der Waals surface area contributed by atoms with Crippen molar-refractivity contribution in [3.05, 3.63) is 78.3 Å².